The summed E-state index contributed by atoms with van der Waals surface area (Å²) in [5.41, 5.74) is 0. The topological polar surface area (TPSA) is 78.9 Å². The van der Waals surface area contributed by atoms with Gasteiger partial charge in [-0.25, -0.2) is 0 Å². The van der Waals surface area contributed by atoms with Gasteiger partial charge in [0, 0.05) is 19.3 Å². The fourth-order valence-corrected chi connectivity index (χ4v) is 7.39. The highest BCUT2D eigenvalue weighted by Gasteiger charge is 2.19. The number of hydrogen-bond donors (Lipinski definition) is 0. The van der Waals surface area contributed by atoms with E-state index in [0.717, 1.165) is 83.5 Å². The molecule has 0 amide bonds. The molecule has 0 aromatic carbocycles. The molecule has 6 nitrogen and oxygen atoms in total. The minimum atomic E-state index is -0.808. The Balaban J connectivity index is 4.47. The summed E-state index contributed by atoms with van der Waals surface area (Å²) in [6.45, 7) is 6.44. The molecular formula is C59H100O6. The number of esters is 3. The van der Waals surface area contributed by atoms with Crippen molar-refractivity contribution in [2.45, 2.75) is 258 Å². The van der Waals surface area contributed by atoms with Crippen molar-refractivity contribution in [1.82, 2.24) is 0 Å². The maximum atomic E-state index is 12.8. The van der Waals surface area contributed by atoms with E-state index in [1.54, 1.807) is 0 Å². The molecule has 0 heterocycles. The lowest BCUT2D eigenvalue weighted by Gasteiger charge is -2.18. The van der Waals surface area contributed by atoms with Crippen molar-refractivity contribution in [1.29, 1.82) is 0 Å². The number of allylic oxidation sites excluding steroid dienone is 14. The number of unbranched alkanes of at least 4 members (excludes halogenated alkanes) is 27. The first-order valence-electron chi connectivity index (χ1n) is 27.2. The van der Waals surface area contributed by atoms with Crippen LogP contribution in [-0.2, 0) is 28.6 Å². The van der Waals surface area contributed by atoms with Gasteiger partial charge in [-0.3, -0.25) is 14.4 Å². The summed E-state index contributed by atoms with van der Waals surface area (Å²) >= 11 is 0. The van der Waals surface area contributed by atoms with Crippen LogP contribution in [0, 0.1) is 0 Å². The largest absolute Gasteiger partial charge is 0.462 e. The van der Waals surface area contributed by atoms with Crippen molar-refractivity contribution < 1.29 is 28.6 Å². The zero-order chi connectivity index (χ0) is 47.2. The van der Waals surface area contributed by atoms with E-state index < -0.39 is 6.10 Å². The summed E-state index contributed by atoms with van der Waals surface area (Å²) in [4.78, 5) is 38.0. The number of rotatable bonds is 48. The number of ether oxygens (including phenoxy) is 3. The maximum absolute atomic E-state index is 12.8. The Kier molecular flexibility index (Phi) is 50.4. The van der Waals surface area contributed by atoms with E-state index in [-0.39, 0.29) is 37.5 Å². The van der Waals surface area contributed by atoms with Crippen molar-refractivity contribution in [2.75, 3.05) is 13.2 Å². The summed E-state index contributed by atoms with van der Waals surface area (Å²) < 4.78 is 16.8. The quantitative estimate of drug-likeness (QED) is 0.0199. The second-order valence-electron chi connectivity index (χ2n) is 17.9. The second kappa shape index (κ2) is 53.2. The summed E-state index contributed by atoms with van der Waals surface area (Å²) in [7, 11) is 0. The Morgan fingerprint density at radius 1 is 0.323 bits per heavy atom. The molecule has 0 saturated heterocycles. The van der Waals surface area contributed by atoms with Gasteiger partial charge < -0.3 is 14.2 Å². The maximum Gasteiger partial charge on any atom is 0.306 e. The third-order valence-electron chi connectivity index (χ3n) is 11.5. The smallest absolute Gasteiger partial charge is 0.306 e. The molecule has 0 aliphatic rings. The SMILES string of the molecule is CC\C=C/C=C\C=C/C=C\C=C/CCCCCC(=O)OC(COC(=O)CCCCC/C=C\CCCCCCCCC)COC(=O)CCCCCCC/C=C\CCCCCCCCCCC. The van der Waals surface area contributed by atoms with Crippen LogP contribution in [0.3, 0.4) is 0 Å². The summed E-state index contributed by atoms with van der Waals surface area (Å²) in [5, 5.41) is 0. The monoisotopic (exact) mass is 905 g/mol. The van der Waals surface area contributed by atoms with Gasteiger partial charge in [-0.15, -0.1) is 0 Å². The van der Waals surface area contributed by atoms with Crippen LogP contribution in [0.15, 0.2) is 85.1 Å². The zero-order valence-corrected chi connectivity index (χ0v) is 42.5. The fourth-order valence-electron chi connectivity index (χ4n) is 7.39. The minimum absolute atomic E-state index is 0.103. The molecule has 0 radical (unpaired) electrons. The van der Waals surface area contributed by atoms with Gasteiger partial charge >= 0.3 is 17.9 Å². The standard InChI is InChI=1S/C59H100O6/c1-4-7-10-13-16-19-22-25-28-29-30-32-34-37-40-43-46-49-52-58(61)64-55-56(54-63-57(60)51-48-45-42-39-36-33-27-24-21-18-15-12-9-6-3)65-59(62)53-50-47-44-41-38-35-31-26-23-20-17-14-11-8-5-2/h8,11,14,17,20,23,26,30-33,35-36,38,56H,4-7,9-10,12-13,15-16,18-19,21-22,24-25,27-29,34,37,39-55H2,1-3H3/b11-8-,17-14-,23-20-,31-26-,32-30-,36-33-,38-35-. The predicted molar refractivity (Wildman–Crippen MR) is 279 cm³/mol. The number of hydrogen-bond acceptors (Lipinski definition) is 6. The zero-order valence-electron chi connectivity index (χ0n) is 42.5. The average Bonchev–Trinajstić information content (AvgIpc) is 3.30. The molecule has 1 atom stereocenters. The highest BCUT2D eigenvalue weighted by atomic mass is 16.6. The lowest BCUT2D eigenvalue weighted by atomic mass is 10.1. The van der Waals surface area contributed by atoms with Crippen molar-refractivity contribution in [3.8, 4) is 0 Å². The molecule has 0 aromatic rings. The molecule has 372 valence electrons. The molecule has 0 aliphatic carbocycles. The molecule has 0 aromatic heterocycles. The molecule has 1 unspecified atom stereocenters. The molecule has 0 fully saturated rings. The fraction of sp³-hybridized carbons (Fsp3) is 0.712. The first kappa shape index (κ1) is 61.6. The molecule has 0 bridgehead atoms. The summed E-state index contributed by atoms with van der Waals surface area (Å²) in [5.74, 6) is -0.967. The van der Waals surface area contributed by atoms with Crippen LogP contribution in [0.1, 0.15) is 252 Å². The highest BCUT2D eigenvalue weighted by molar-refractivity contribution is 5.71. The van der Waals surface area contributed by atoms with Gasteiger partial charge in [0.25, 0.3) is 0 Å². The van der Waals surface area contributed by atoms with Crippen LogP contribution in [0.4, 0.5) is 0 Å². The van der Waals surface area contributed by atoms with Crippen LogP contribution in [0.25, 0.3) is 0 Å². The highest BCUT2D eigenvalue weighted by Crippen LogP contribution is 2.14. The summed E-state index contributed by atoms with van der Waals surface area (Å²) in [6, 6.07) is 0. The van der Waals surface area contributed by atoms with Gasteiger partial charge in [-0.1, -0.05) is 228 Å². The first-order chi connectivity index (χ1) is 32.0. The Labute approximate surface area is 401 Å². The predicted octanol–water partition coefficient (Wildman–Crippen LogP) is 18.0. The van der Waals surface area contributed by atoms with E-state index in [1.807, 2.05) is 48.6 Å². The molecule has 0 saturated carbocycles. The van der Waals surface area contributed by atoms with E-state index in [0.29, 0.717) is 19.3 Å². The third-order valence-corrected chi connectivity index (χ3v) is 11.5. The number of carbonyl (C=O) groups excluding carboxylic acids is 3. The second-order valence-corrected chi connectivity index (χ2v) is 17.9. The molecule has 6 heteroatoms. The molecule has 0 spiro atoms. The number of carbonyl (C=O) groups is 3. The van der Waals surface area contributed by atoms with Crippen molar-refractivity contribution in [3.63, 3.8) is 0 Å². The van der Waals surface area contributed by atoms with Crippen molar-refractivity contribution in [2.24, 2.45) is 0 Å². The van der Waals surface area contributed by atoms with E-state index >= 15 is 0 Å². The van der Waals surface area contributed by atoms with Gasteiger partial charge in [0.1, 0.15) is 13.2 Å². The van der Waals surface area contributed by atoms with E-state index in [4.69, 9.17) is 14.2 Å². The van der Waals surface area contributed by atoms with Gasteiger partial charge in [-0.05, 0) is 89.9 Å². The van der Waals surface area contributed by atoms with Crippen LogP contribution in [0.2, 0.25) is 0 Å². The lowest BCUT2D eigenvalue weighted by Crippen LogP contribution is -2.30. The van der Waals surface area contributed by atoms with Crippen molar-refractivity contribution in [3.05, 3.63) is 85.1 Å². The minimum Gasteiger partial charge on any atom is -0.462 e. The van der Waals surface area contributed by atoms with Crippen LogP contribution >= 0.6 is 0 Å². The van der Waals surface area contributed by atoms with Gasteiger partial charge in [0.15, 0.2) is 6.10 Å². The summed E-state index contributed by atoms with van der Waals surface area (Å²) in [6.07, 6.45) is 68.6. The Morgan fingerprint density at radius 2 is 0.615 bits per heavy atom. The van der Waals surface area contributed by atoms with Gasteiger partial charge in [0.05, 0.1) is 0 Å². The molecule has 0 rings (SSSR count). The molecular weight excluding hydrogens is 805 g/mol. The van der Waals surface area contributed by atoms with Gasteiger partial charge in [0.2, 0.25) is 0 Å². The Hall–Kier alpha value is -3.41. The molecule has 0 N–H and O–H groups in total. The van der Waals surface area contributed by atoms with Crippen molar-refractivity contribution >= 4 is 17.9 Å². The molecule has 0 aliphatic heterocycles. The molecule has 65 heavy (non-hydrogen) atoms. The lowest BCUT2D eigenvalue weighted by molar-refractivity contribution is -0.167. The van der Waals surface area contributed by atoms with E-state index in [2.05, 4.69) is 57.2 Å². The Bertz CT molecular complexity index is 1270. The van der Waals surface area contributed by atoms with Crippen LogP contribution in [-0.4, -0.2) is 37.2 Å². The van der Waals surface area contributed by atoms with Gasteiger partial charge in [-0.2, -0.15) is 0 Å². The average molecular weight is 905 g/mol. The van der Waals surface area contributed by atoms with Crippen LogP contribution in [0.5, 0.6) is 0 Å². The normalized spacial score (nSPS) is 12.7. The van der Waals surface area contributed by atoms with E-state index in [1.165, 1.54) is 122 Å². The third kappa shape index (κ3) is 51.4. The Morgan fingerprint density at radius 3 is 1.00 bits per heavy atom. The van der Waals surface area contributed by atoms with Crippen LogP contribution < -0.4 is 0 Å². The van der Waals surface area contributed by atoms with E-state index in [9.17, 15) is 14.4 Å². The first-order valence-corrected chi connectivity index (χ1v) is 27.2.